The topological polar surface area (TPSA) is 9.23 Å². The van der Waals surface area contributed by atoms with Gasteiger partial charge in [-0.05, 0) is 17.7 Å². The van der Waals surface area contributed by atoms with Gasteiger partial charge in [0.2, 0.25) is 6.10 Å². The molecule has 1 nitrogen and oxygen atoms in total. The Balaban J connectivity index is 3.01. The number of alkyl halides is 7. The smallest absolute Gasteiger partial charge is 0.352 e. The highest BCUT2D eigenvalue weighted by Gasteiger charge is 2.58. The number of hydrogen-bond donors (Lipinski definition) is 0. The Morgan fingerprint density at radius 3 is 2.05 bits per heavy atom. The lowest BCUT2D eigenvalue weighted by atomic mass is 10.1. The molecule has 0 saturated carbocycles. The van der Waals surface area contributed by atoms with Crippen LogP contribution >= 0.6 is 27.5 Å². The van der Waals surface area contributed by atoms with Gasteiger partial charge in [-0.2, -0.15) is 26.3 Å². The first-order valence-electron chi connectivity index (χ1n) is 5.16. The Morgan fingerprint density at radius 1 is 1.10 bits per heavy atom. The van der Waals surface area contributed by atoms with Crippen LogP contribution in [0.3, 0.4) is 0 Å². The quantitative estimate of drug-likeness (QED) is 0.506. The van der Waals surface area contributed by atoms with Gasteiger partial charge in [0.25, 0.3) is 0 Å². The summed E-state index contributed by atoms with van der Waals surface area (Å²) in [4.78, 5) is 0. The monoisotopic (exact) mass is 384 g/mol. The van der Waals surface area contributed by atoms with Crippen LogP contribution in [0.4, 0.5) is 26.3 Å². The van der Waals surface area contributed by atoms with Crippen molar-refractivity contribution in [3.63, 3.8) is 0 Å². The van der Waals surface area contributed by atoms with E-state index in [4.69, 9.17) is 11.6 Å². The Hall–Kier alpha value is -0.470. The van der Waals surface area contributed by atoms with Gasteiger partial charge in [0, 0.05) is 10.4 Å². The van der Waals surface area contributed by atoms with Crippen molar-refractivity contribution < 1.29 is 31.1 Å². The molecule has 1 aromatic carbocycles. The third-order valence-electron chi connectivity index (χ3n) is 2.26. The van der Waals surface area contributed by atoms with Crippen molar-refractivity contribution in [2.45, 2.75) is 24.6 Å². The van der Waals surface area contributed by atoms with Gasteiger partial charge >= 0.3 is 12.4 Å². The maximum atomic E-state index is 12.4. The zero-order valence-corrected chi connectivity index (χ0v) is 11.9. The molecule has 1 unspecified atom stereocenters. The summed E-state index contributed by atoms with van der Waals surface area (Å²) in [6, 6.07) is 5.44. The average molecular weight is 386 g/mol. The summed E-state index contributed by atoms with van der Waals surface area (Å²) in [5.41, 5.74) is 0.118. The summed E-state index contributed by atoms with van der Waals surface area (Å²) in [5.74, 6) is 0. The van der Waals surface area contributed by atoms with E-state index in [1.165, 1.54) is 24.3 Å². The molecule has 0 heterocycles. The van der Waals surface area contributed by atoms with Crippen molar-refractivity contribution in [1.29, 1.82) is 0 Å². The molecule has 1 rings (SSSR count). The lowest BCUT2D eigenvalue weighted by molar-refractivity contribution is -0.330. The van der Waals surface area contributed by atoms with Crippen LogP contribution in [-0.2, 0) is 4.74 Å². The van der Waals surface area contributed by atoms with Crippen LogP contribution in [0.2, 0.25) is 5.02 Å². The van der Waals surface area contributed by atoms with E-state index in [1.807, 2.05) is 0 Å². The van der Waals surface area contributed by atoms with Crippen LogP contribution < -0.4 is 0 Å². The summed E-state index contributed by atoms with van der Waals surface area (Å²) in [7, 11) is 0. The maximum Gasteiger partial charge on any atom is 0.423 e. The zero-order valence-electron chi connectivity index (χ0n) is 9.60. The Morgan fingerprint density at radius 2 is 1.65 bits per heavy atom. The Labute approximate surface area is 124 Å². The molecule has 0 aromatic heterocycles. The van der Waals surface area contributed by atoms with Gasteiger partial charge in [-0.1, -0.05) is 39.7 Å². The van der Waals surface area contributed by atoms with Gasteiger partial charge in [-0.3, -0.25) is 0 Å². The molecule has 1 atom stereocenters. The Kier molecular flexibility index (Phi) is 5.74. The van der Waals surface area contributed by atoms with Gasteiger partial charge in [0.15, 0.2) is 0 Å². The molecule has 0 radical (unpaired) electrons. The van der Waals surface area contributed by atoms with Gasteiger partial charge in [-0.15, -0.1) is 0 Å². The largest absolute Gasteiger partial charge is 0.423 e. The molecule has 0 amide bonds. The molecule has 114 valence electrons. The number of ether oxygens (including phenoxy) is 1. The lowest BCUT2D eigenvalue weighted by Crippen LogP contribution is -2.45. The minimum absolute atomic E-state index is 0.118. The van der Waals surface area contributed by atoms with Gasteiger partial charge in [0.05, 0.1) is 6.10 Å². The second-order valence-corrected chi connectivity index (χ2v) is 4.88. The van der Waals surface area contributed by atoms with Gasteiger partial charge in [0.1, 0.15) is 0 Å². The summed E-state index contributed by atoms with van der Waals surface area (Å²) < 4.78 is 78.7. The van der Waals surface area contributed by atoms with Crippen LogP contribution in [0.5, 0.6) is 0 Å². The standard InChI is InChI=1S/C11H8BrClF6O/c12-5-8(6-2-1-3-7(13)4-6)20-9(10(14,15)16)11(17,18)19/h1-4,8-9H,5H2. The van der Waals surface area contributed by atoms with Gasteiger partial charge < -0.3 is 4.74 Å². The summed E-state index contributed by atoms with van der Waals surface area (Å²) in [6.45, 7) is 0. The average Bonchev–Trinajstić information content (AvgIpc) is 2.26. The number of hydrogen-bond acceptors (Lipinski definition) is 1. The van der Waals surface area contributed by atoms with E-state index >= 15 is 0 Å². The molecule has 1 aromatic rings. The molecule has 0 aliphatic rings. The SMILES string of the molecule is FC(F)(F)C(OC(CBr)c1cccc(Cl)c1)C(F)(F)F. The van der Waals surface area contributed by atoms with Crippen molar-refractivity contribution >= 4 is 27.5 Å². The van der Waals surface area contributed by atoms with E-state index in [-0.39, 0.29) is 15.9 Å². The van der Waals surface area contributed by atoms with Gasteiger partial charge in [-0.25, -0.2) is 0 Å². The number of halogens is 8. The highest BCUT2D eigenvalue weighted by atomic mass is 79.9. The van der Waals surface area contributed by atoms with E-state index in [1.54, 1.807) is 0 Å². The van der Waals surface area contributed by atoms with Crippen molar-refractivity contribution in [2.75, 3.05) is 5.33 Å². The van der Waals surface area contributed by atoms with E-state index in [0.29, 0.717) is 0 Å². The summed E-state index contributed by atoms with van der Waals surface area (Å²) >= 11 is 8.48. The molecule has 0 aliphatic heterocycles. The molecular weight excluding hydrogens is 377 g/mol. The molecule has 20 heavy (non-hydrogen) atoms. The highest BCUT2D eigenvalue weighted by Crippen LogP contribution is 2.39. The molecule has 0 fully saturated rings. The summed E-state index contributed by atoms with van der Waals surface area (Å²) in [5, 5.41) is -0.0525. The van der Waals surface area contributed by atoms with E-state index < -0.39 is 24.6 Å². The van der Waals surface area contributed by atoms with Crippen LogP contribution in [0.1, 0.15) is 11.7 Å². The zero-order chi connectivity index (χ0) is 15.6. The first-order valence-corrected chi connectivity index (χ1v) is 6.66. The van der Waals surface area contributed by atoms with Crippen LogP contribution in [-0.4, -0.2) is 23.8 Å². The fourth-order valence-corrected chi connectivity index (χ4v) is 2.14. The third kappa shape index (κ3) is 4.82. The lowest BCUT2D eigenvalue weighted by Gasteiger charge is -2.27. The molecule has 0 N–H and O–H groups in total. The summed E-state index contributed by atoms with van der Waals surface area (Å²) in [6.07, 6.45) is -16.4. The molecule has 0 aliphatic carbocycles. The number of rotatable bonds is 4. The normalized spacial score (nSPS) is 14.7. The predicted molar refractivity (Wildman–Crippen MR) is 65.0 cm³/mol. The van der Waals surface area contributed by atoms with Crippen molar-refractivity contribution in [3.05, 3.63) is 34.9 Å². The third-order valence-corrected chi connectivity index (χ3v) is 3.08. The van der Waals surface area contributed by atoms with Crippen LogP contribution in [0.25, 0.3) is 0 Å². The predicted octanol–water partition coefficient (Wildman–Crippen LogP) is 5.29. The minimum atomic E-state index is -5.54. The highest BCUT2D eigenvalue weighted by molar-refractivity contribution is 9.09. The van der Waals surface area contributed by atoms with Crippen molar-refractivity contribution in [1.82, 2.24) is 0 Å². The molecule has 0 bridgehead atoms. The fourth-order valence-electron chi connectivity index (χ4n) is 1.42. The maximum absolute atomic E-state index is 12.4. The van der Waals surface area contributed by atoms with Crippen molar-refractivity contribution in [2.24, 2.45) is 0 Å². The molecule has 0 saturated heterocycles. The molecule has 9 heteroatoms. The first-order chi connectivity index (χ1) is 9.05. The second kappa shape index (κ2) is 6.53. The molecular formula is C11H8BrClF6O. The number of benzene rings is 1. The van der Waals surface area contributed by atoms with E-state index in [2.05, 4.69) is 20.7 Å². The Bertz CT molecular complexity index is 433. The van der Waals surface area contributed by atoms with Crippen LogP contribution in [0, 0.1) is 0 Å². The molecule has 0 spiro atoms. The minimum Gasteiger partial charge on any atom is -0.352 e. The second-order valence-electron chi connectivity index (χ2n) is 3.80. The van der Waals surface area contributed by atoms with E-state index in [0.717, 1.165) is 0 Å². The van der Waals surface area contributed by atoms with E-state index in [9.17, 15) is 26.3 Å². The fraction of sp³-hybridized carbons (Fsp3) is 0.455. The first kappa shape index (κ1) is 17.6. The van der Waals surface area contributed by atoms with Crippen molar-refractivity contribution in [3.8, 4) is 0 Å². The van der Waals surface area contributed by atoms with Crippen LogP contribution in [0.15, 0.2) is 24.3 Å².